The molecule has 1 aliphatic heterocycles. The van der Waals surface area contributed by atoms with E-state index in [2.05, 4.69) is 36.6 Å². The first-order chi connectivity index (χ1) is 10.3. The van der Waals surface area contributed by atoms with Crippen molar-refractivity contribution in [1.82, 2.24) is 10.6 Å². The summed E-state index contributed by atoms with van der Waals surface area (Å²) in [6, 6.07) is 0.751. The van der Waals surface area contributed by atoms with Crippen molar-refractivity contribution < 1.29 is 0 Å². The fraction of sp³-hybridized carbons (Fsp3) is 0.789. The second-order valence-electron chi connectivity index (χ2n) is 7.22. The van der Waals surface area contributed by atoms with Crippen molar-refractivity contribution in [2.45, 2.75) is 64.8 Å². The summed E-state index contributed by atoms with van der Waals surface area (Å²) in [7, 11) is 0. The summed E-state index contributed by atoms with van der Waals surface area (Å²) in [4.78, 5) is 0. The minimum Gasteiger partial charge on any atom is -0.317 e. The van der Waals surface area contributed by atoms with Gasteiger partial charge in [-0.1, -0.05) is 12.2 Å². The zero-order valence-corrected chi connectivity index (χ0v) is 13.9. The van der Waals surface area contributed by atoms with Gasteiger partial charge >= 0.3 is 0 Å². The van der Waals surface area contributed by atoms with E-state index in [1.165, 1.54) is 64.6 Å². The van der Waals surface area contributed by atoms with Gasteiger partial charge in [-0.15, -0.1) is 0 Å². The lowest BCUT2D eigenvalue weighted by atomic mass is 9.77. The Morgan fingerprint density at radius 1 is 1.24 bits per heavy atom. The van der Waals surface area contributed by atoms with E-state index >= 15 is 0 Å². The van der Waals surface area contributed by atoms with E-state index in [1.54, 1.807) is 11.1 Å². The fourth-order valence-electron chi connectivity index (χ4n) is 4.73. The van der Waals surface area contributed by atoms with E-state index in [0.717, 1.165) is 12.0 Å². The van der Waals surface area contributed by atoms with E-state index in [4.69, 9.17) is 0 Å². The van der Waals surface area contributed by atoms with Crippen LogP contribution in [0.25, 0.3) is 0 Å². The molecule has 2 atom stereocenters. The fourth-order valence-corrected chi connectivity index (χ4v) is 4.73. The lowest BCUT2D eigenvalue weighted by Crippen LogP contribution is -2.32. The smallest absolute Gasteiger partial charge is 0.0174 e. The first-order valence-electron chi connectivity index (χ1n) is 9.06. The highest BCUT2D eigenvalue weighted by Crippen LogP contribution is 2.60. The summed E-state index contributed by atoms with van der Waals surface area (Å²) >= 11 is 0. The standard InChI is InChI=1S/C19H32N2/c1-3-16-6-5-10-19(17(16)4-2)14-18(19)21-13-9-15-7-11-20-12-8-15/h3-4,15,18,20-21H,5-14H2,1-2H3/b16-3-,17-4+. The van der Waals surface area contributed by atoms with Crippen LogP contribution in [0.5, 0.6) is 0 Å². The van der Waals surface area contributed by atoms with Gasteiger partial charge in [0, 0.05) is 11.5 Å². The van der Waals surface area contributed by atoms with Gasteiger partial charge in [0.05, 0.1) is 0 Å². The predicted octanol–water partition coefficient (Wildman–Crippen LogP) is 3.80. The van der Waals surface area contributed by atoms with Gasteiger partial charge < -0.3 is 10.6 Å². The zero-order chi connectivity index (χ0) is 14.7. The Bertz CT molecular complexity index is 417. The topological polar surface area (TPSA) is 24.1 Å². The van der Waals surface area contributed by atoms with Crippen LogP contribution in [0.1, 0.15) is 58.8 Å². The van der Waals surface area contributed by atoms with Gasteiger partial charge in [0.15, 0.2) is 0 Å². The van der Waals surface area contributed by atoms with Crippen LogP contribution >= 0.6 is 0 Å². The van der Waals surface area contributed by atoms with Gasteiger partial charge in [0.1, 0.15) is 0 Å². The van der Waals surface area contributed by atoms with Gasteiger partial charge in [-0.05, 0) is 95.5 Å². The van der Waals surface area contributed by atoms with Crippen molar-refractivity contribution in [1.29, 1.82) is 0 Å². The number of rotatable bonds is 4. The monoisotopic (exact) mass is 288 g/mol. The van der Waals surface area contributed by atoms with Crippen LogP contribution in [0.4, 0.5) is 0 Å². The third-order valence-corrected chi connectivity index (χ3v) is 6.07. The first-order valence-corrected chi connectivity index (χ1v) is 9.06. The van der Waals surface area contributed by atoms with Gasteiger partial charge in [-0.25, -0.2) is 0 Å². The molecular weight excluding hydrogens is 256 g/mol. The third kappa shape index (κ3) is 3.12. The molecule has 2 nitrogen and oxygen atoms in total. The summed E-state index contributed by atoms with van der Waals surface area (Å²) in [5.41, 5.74) is 3.78. The average molecular weight is 288 g/mol. The number of piperidine rings is 1. The molecule has 0 amide bonds. The summed E-state index contributed by atoms with van der Waals surface area (Å²) in [6.07, 6.45) is 14.3. The quantitative estimate of drug-likeness (QED) is 0.822. The molecule has 0 aromatic rings. The molecule has 1 saturated heterocycles. The Morgan fingerprint density at radius 3 is 2.76 bits per heavy atom. The molecule has 2 saturated carbocycles. The SMILES string of the molecule is C/C=C1/CCCC2(CC2NCCC2CCNCC2)/C1=C/C. The van der Waals surface area contributed by atoms with Crippen LogP contribution in [-0.4, -0.2) is 25.7 Å². The molecule has 0 aromatic carbocycles. The van der Waals surface area contributed by atoms with Crippen LogP contribution in [0.3, 0.4) is 0 Å². The van der Waals surface area contributed by atoms with Crippen molar-refractivity contribution in [3.63, 3.8) is 0 Å². The van der Waals surface area contributed by atoms with E-state index in [9.17, 15) is 0 Å². The maximum atomic E-state index is 3.88. The Kier molecular flexibility index (Phi) is 4.85. The van der Waals surface area contributed by atoms with E-state index in [0.29, 0.717) is 5.41 Å². The molecule has 2 unspecified atom stereocenters. The summed E-state index contributed by atoms with van der Waals surface area (Å²) < 4.78 is 0. The lowest BCUT2D eigenvalue weighted by Gasteiger charge is -2.29. The van der Waals surface area contributed by atoms with E-state index in [-0.39, 0.29) is 0 Å². The van der Waals surface area contributed by atoms with Crippen molar-refractivity contribution in [2.24, 2.45) is 11.3 Å². The molecule has 1 heterocycles. The molecule has 0 aromatic heterocycles. The van der Waals surface area contributed by atoms with Crippen molar-refractivity contribution >= 4 is 0 Å². The summed E-state index contributed by atoms with van der Waals surface area (Å²) in [5.74, 6) is 0.951. The second kappa shape index (κ2) is 6.66. The maximum absolute atomic E-state index is 3.88. The lowest BCUT2D eigenvalue weighted by molar-refractivity contribution is 0.343. The Labute approximate surface area is 130 Å². The predicted molar refractivity (Wildman–Crippen MR) is 90.4 cm³/mol. The molecule has 0 radical (unpaired) electrons. The molecule has 0 bridgehead atoms. The van der Waals surface area contributed by atoms with Gasteiger partial charge in [-0.3, -0.25) is 0 Å². The zero-order valence-electron chi connectivity index (χ0n) is 13.9. The summed E-state index contributed by atoms with van der Waals surface area (Å²) in [6.45, 7) is 8.12. The number of hydrogen-bond donors (Lipinski definition) is 2. The molecule has 2 N–H and O–H groups in total. The van der Waals surface area contributed by atoms with Gasteiger partial charge in [-0.2, -0.15) is 0 Å². The van der Waals surface area contributed by atoms with Crippen molar-refractivity contribution in [2.75, 3.05) is 19.6 Å². The number of hydrogen-bond acceptors (Lipinski definition) is 2. The van der Waals surface area contributed by atoms with Crippen LogP contribution in [0, 0.1) is 11.3 Å². The maximum Gasteiger partial charge on any atom is 0.0174 e. The summed E-state index contributed by atoms with van der Waals surface area (Å²) in [5, 5.41) is 7.35. The van der Waals surface area contributed by atoms with Crippen LogP contribution < -0.4 is 10.6 Å². The first kappa shape index (κ1) is 15.3. The van der Waals surface area contributed by atoms with Crippen molar-refractivity contribution in [3.05, 3.63) is 23.3 Å². The minimum atomic E-state index is 0.503. The van der Waals surface area contributed by atoms with Crippen LogP contribution in [-0.2, 0) is 0 Å². The second-order valence-corrected chi connectivity index (χ2v) is 7.22. The Balaban J connectivity index is 1.50. The molecule has 2 aliphatic carbocycles. The molecular formula is C19H32N2. The molecule has 1 spiro atoms. The highest BCUT2D eigenvalue weighted by Gasteiger charge is 2.57. The molecule has 21 heavy (non-hydrogen) atoms. The minimum absolute atomic E-state index is 0.503. The highest BCUT2D eigenvalue weighted by atomic mass is 15.0. The third-order valence-electron chi connectivity index (χ3n) is 6.07. The number of allylic oxidation sites excluding steroid dienone is 3. The Hall–Kier alpha value is -0.600. The largest absolute Gasteiger partial charge is 0.317 e. The molecule has 118 valence electrons. The van der Waals surface area contributed by atoms with Gasteiger partial charge in [0.2, 0.25) is 0 Å². The van der Waals surface area contributed by atoms with Crippen molar-refractivity contribution in [3.8, 4) is 0 Å². The molecule has 3 aliphatic rings. The molecule has 3 fully saturated rings. The van der Waals surface area contributed by atoms with E-state index < -0.39 is 0 Å². The normalized spacial score (nSPS) is 37.5. The average Bonchev–Trinajstić information content (AvgIpc) is 3.21. The molecule has 2 heteroatoms. The van der Waals surface area contributed by atoms with Crippen LogP contribution in [0.15, 0.2) is 23.3 Å². The highest BCUT2D eigenvalue weighted by molar-refractivity contribution is 5.45. The van der Waals surface area contributed by atoms with Crippen LogP contribution in [0.2, 0.25) is 0 Å². The van der Waals surface area contributed by atoms with E-state index in [1.807, 2.05) is 0 Å². The number of nitrogens with one attached hydrogen (secondary N) is 2. The molecule has 3 rings (SSSR count). The Morgan fingerprint density at radius 2 is 2.05 bits per heavy atom. The van der Waals surface area contributed by atoms with Gasteiger partial charge in [0.25, 0.3) is 0 Å².